The number of ketones is 1. The summed E-state index contributed by atoms with van der Waals surface area (Å²) in [6, 6.07) is 17.9. The molecule has 36 heavy (non-hydrogen) atoms. The van der Waals surface area contributed by atoms with Crippen LogP contribution in [-0.2, 0) is 4.79 Å². The third-order valence-corrected chi connectivity index (χ3v) is 7.47. The van der Waals surface area contributed by atoms with E-state index in [9.17, 15) is 14.4 Å². The number of nitrogens with zero attached hydrogens (tertiary/aromatic N) is 3. The number of thiazole rings is 1. The van der Waals surface area contributed by atoms with Gasteiger partial charge in [-0.25, -0.2) is 4.98 Å². The Morgan fingerprint density at radius 1 is 1.06 bits per heavy atom. The highest BCUT2D eigenvalue weighted by Crippen LogP contribution is 2.31. The first-order valence-corrected chi connectivity index (χ1v) is 13.1. The molecule has 6 nitrogen and oxygen atoms in total. The fourth-order valence-electron chi connectivity index (χ4n) is 4.35. The van der Waals surface area contributed by atoms with E-state index < -0.39 is 6.04 Å². The van der Waals surface area contributed by atoms with Crippen LogP contribution in [0.4, 0.5) is 0 Å². The zero-order valence-corrected chi connectivity index (χ0v) is 21.3. The van der Waals surface area contributed by atoms with Crippen molar-refractivity contribution in [3.05, 3.63) is 87.9 Å². The van der Waals surface area contributed by atoms with Crippen LogP contribution in [0, 0.1) is 11.8 Å². The highest BCUT2D eigenvalue weighted by Gasteiger charge is 2.30. The van der Waals surface area contributed by atoms with Crippen molar-refractivity contribution in [1.82, 2.24) is 14.8 Å². The molecule has 1 aliphatic heterocycles. The van der Waals surface area contributed by atoms with Gasteiger partial charge in [0.25, 0.3) is 11.8 Å². The van der Waals surface area contributed by atoms with Crippen molar-refractivity contribution in [3.63, 3.8) is 0 Å². The zero-order chi connectivity index (χ0) is 25.5. The van der Waals surface area contributed by atoms with Crippen LogP contribution in [0.2, 0.25) is 0 Å². The standard InChI is InChI=1S/C29H29N3O3S/c1-3-32(21(2)27(34)23-12-8-5-9-13-23)29(35)25-20-36-28(30-25)24-16-18-31(19-17-24)26(33)15-14-22-10-6-4-7-11-22/h4-13,20-21,24H,3,16-19H2,1-2H3. The number of likely N-dealkylation sites (N-methyl/N-ethyl adjacent to an activating group) is 1. The van der Waals surface area contributed by atoms with E-state index in [-0.39, 0.29) is 23.5 Å². The van der Waals surface area contributed by atoms with Crippen molar-refractivity contribution in [2.75, 3.05) is 19.6 Å². The number of benzene rings is 2. The summed E-state index contributed by atoms with van der Waals surface area (Å²) in [5, 5.41) is 2.68. The molecule has 4 rings (SSSR count). The second-order valence-corrected chi connectivity index (χ2v) is 9.64. The van der Waals surface area contributed by atoms with E-state index in [0.29, 0.717) is 30.9 Å². The second kappa shape index (κ2) is 11.8. The summed E-state index contributed by atoms with van der Waals surface area (Å²) < 4.78 is 0. The quantitative estimate of drug-likeness (QED) is 0.366. The lowest BCUT2D eigenvalue weighted by Gasteiger charge is -2.29. The average molecular weight is 500 g/mol. The summed E-state index contributed by atoms with van der Waals surface area (Å²) in [7, 11) is 0. The van der Waals surface area contributed by atoms with Gasteiger partial charge in [0.15, 0.2) is 5.78 Å². The zero-order valence-electron chi connectivity index (χ0n) is 20.5. The molecule has 2 amide bonds. The Bertz CT molecular complexity index is 1270. The fourth-order valence-corrected chi connectivity index (χ4v) is 5.32. The molecule has 2 aromatic carbocycles. The van der Waals surface area contributed by atoms with Gasteiger partial charge >= 0.3 is 0 Å². The summed E-state index contributed by atoms with van der Waals surface area (Å²) in [5.41, 5.74) is 1.78. The van der Waals surface area contributed by atoms with Gasteiger partial charge < -0.3 is 9.80 Å². The lowest BCUT2D eigenvalue weighted by atomic mass is 9.97. The van der Waals surface area contributed by atoms with E-state index in [2.05, 4.69) is 16.8 Å². The molecule has 0 N–H and O–H groups in total. The summed E-state index contributed by atoms with van der Waals surface area (Å²) in [6.45, 7) is 5.26. The smallest absolute Gasteiger partial charge is 0.298 e. The number of hydrogen-bond acceptors (Lipinski definition) is 5. The number of hydrogen-bond donors (Lipinski definition) is 0. The molecule has 0 saturated carbocycles. The molecule has 3 aromatic rings. The Morgan fingerprint density at radius 3 is 2.33 bits per heavy atom. The van der Waals surface area contributed by atoms with Crippen LogP contribution >= 0.6 is 11.3 Å². The topological polar surface area (TPSA) is 70.6 Å². The van der Waals surface area contributed by atoms with E-state index in [1.165, 1.54) is 11.3 Å². The lowest BCUT2D eigenvalue weighted by Crippen LogP contribution is -2.43. The molecular weight excluding hydrogens is 470 g/mol. The van der Waals surface area contributed by atoms with Crippen molar-refractivity contribution < 1.29 is 14.4 Å². The van der Waals surface area contributed by atoms with Crippen molar-refractivity contribution in [2.45, 2.75) is 38.6 Å². The molecule has 2 heterocycles. The van der Waals surface area contributed by atoms with E-state index in [1.54, 1.807) is 34.2 Å². The maximum absolute atomic E-state index is 13.2. The molecule has 1 aliphatic rings. The van der Waals surface area contributed by atoms with Crippen molar-refractivity contribution in [3.8, 4) is 11.8 Å². The van der Waals surface area contributed by atoms with Gasteiger partial charge in [0.1, 0.15) is 5.69 Å². The average Bonchev–Trinajstić information content (AvgIpc) is 3.43. The van der Waals surface area contributed by atoms with E-state index in [4.69, 9.17) is 0 Å². The first-order chi connectivity index (χ1) is 17.5. The SMILES string of the molecule is CCN(C(=O)c1csc(C2CCN(C(=O)C#Cc3ccccc3)CC2)n1)C(C)C(=O)c1ccccc1. The molecule has 0 radical (unpaired) electrons. The number of carbonyl (C=O) groups excluding carboxylic acids is 3. The minimum absolute atomic E-state index is 0.0892. The third-order valence-electron chi connectivity index (χ3n) is 6.47. The van der Waals surface area contributed by atoms with Gasteiger partial charge in [-0.05, 0) is 38.8 Å². The summed E-state index contributed by atoms with van der Waals surface area (Å²) in [4.78, 5) is 46.6. The third kappa shape index (κ3) is 5.89. The van der Waals surface area contributed by atoms with Crippen LogP contribution < -0.4 is 0 Å². The van der Waals surface area contributed by atoms with Crippen molar-refractivity contribution in [1.29, 1.82) is 0 Å². The molecule has 1 aromatic heterocycles. The Balaban J connectivity index is 1.36. The van der Waals surface area contributed by atoms with E-state index in [1.807, 2.05) is 55.5 Å². The van der Waals surface area contributed by atoms with Gasteiger partial charge in [0.05, 0.1) is 11.0 Å². The van der Waals surface area contributed by atoms with Gasteiger partial charge in [0, 0.05) is 48.0 Å². The minimum Gasteiger partial charge on any atom is -0.332 e. The molecule has 1 unspecified atom stereocenters. The van der Waals surface area contributed by atoms with Gasteiger partial charge in [0.2, 0.25) is 0 Å². The van der Waals surface area contributed by atoms with Crippen LogP contribution in [-0.4, -0.2) is 58.1 Å². The number of likely N-dealkylation sites (tertiary alicyclic amines) is 1. The van der Waals surface area contributed by atoms with Gasteiger partial charge in [-0.3, -0.25) is 14.4 Å². The molecule has 1 fully saturated rings. The maximum atomic E-state index is 13.2. The highest BCUT2D eigenvalue weighted by molar-refractivity contribution is 7.09. The van der Waals surface area contributed by atoms with Gasteiger partial charge in [-0.15, -0.1) is 11.3 Å². The molecule has 7 heteroatoms. The Kier molecular flexibility index (Phi) is 8.29. The van der Waals surface area contributed by atoms with Crippen LogP contribution in [0.1, 0.15) is 64.0 Å². The molecule has 0 aliphatic carbocycles. The summed E-state index contributed by atoms with van der Waals surface area (Å²) in [6.07, 6.45) is 1.56. The lowest BCUT2D eigenvalue weighted by molar-refractivity contribution is -0.126. The largest absolute Gasteiger partial charge is 0.332 e. The van der Waals surface area contributed by atoms with E-state index >= 15 is 0 Å². The normalized spacial score (nSPS) is 14.4. The Hall–Kier alpha value is -3.76. The van der Waals surface area contributed by atoms with Crippen molar-refractivity contribution >= 4 is 28.9 Å². The Labute approximate surface area is 216 Å². The van der Waals surface area contributed by atoms with Gasteiger partial charge in [-0.2, -0.15) is 0 Å². The predicted octanol–water partition coefficient (Wildman–Crippen LogP) is 4.63. The molecule has 184 valence electrons. The van der Waals surface area contributed by atoms with Gasteiger partial charge in [-0.1, -0.05) is 54.5 Å². The number of carbonyl (C=O) groups is 3. The van der Waals surface area contributed by atoms with Crippen LogP contribution in [0.15, 0.2) is 66.0 Å². The fraction of sp³-hybridized carbons (Fsp3) is 0.310. The Morgan fingerprint density at radius 2 is 1.69 bits per heavy atom. The number of Topliss-reactive ketones (excluding diaryl/α,β-unsaturated/α-hetero) is 1. The number of rotatable bonds is 6. The van der Waals surface area contributed by atoms with Crippen LogP contribution in [0.5, 0.6) is 0 Å². The predicted molar refractivity (Wildman–Crippen MR) is 141 cm³/mol. The molecule has 1 atom stereocenters. The monoisotopic (exact) mass is 499 g/mol. The van der Waals surface area contributed by atoms with Crippen LogP contribution in [0.3, 0.4) is 0 Å². The number of aromatic nitrogens is 1. The van der Waals surface area contributed by atoms with Crippen molar-refractivity contribution in [2.24, 2.45) is 0 Å². The first-order valence-electron chi connectivity index (χ1n) is 12.2. The van der Waals surface area contributed by atoms with Crippen LogP contribution in [0.25, 0.3) is 0 Å². The minimum atomic E-state index is -0.582. The molecular formula is C29H29N3O3S. The number of amides is 2. The maximum Gasteiger partial charge on any atom is 0.298 e. The van der Waals surface area contributed by atoms with E-state index in [0.717, 1.165) is 23.4 Å². The second-order valence-electron chi connectivity index (χ2n) is 8.75. The molecule has 1 saturated heterocycles. The number of piperidine rings is 1. The summed E-state index contributed by atoms with van der Waals surface area (Å²) >= 11 is 1.47. The molecule has 0 spiro atoms. The molecule has 0 bridgehead atoms. The highest BCUT2D eigenvalue weighted by atomic mass is 32.1. The summed E-state index contributed by atoms with van der Waals surface area (Å²) in [5.74, 6) is 5.37. The first kappa shape index (κ1) is 25.3.